The van der Waals surface area contributed by atoms with E-state index in [2.05, 4.69) is 35.9 Å². The Labute approximate surface area is 108 Å². The molecular formula is C15H21N3. The highest BCUT2D eigenvalue weighted by molar-refractivity contribution is 5.20. The lowest BCUT2D eigenvalue weighted by Gasteiger charge is -2.08. The van der Waals surface area contributed by atoms with Gasteiger partial charge in [-0.15, -0.1) is 0 Å². The van der Waals surface area contributed by atoms with Gasteiger partial charge in [-0.05, 0) is 24.8 Å². The van der Waals surface area contributed by atoms with E-state index in [9.17, 15) is 0 Å². The Kier molecular flexibility index (Phi) is 4.15. The smallest absolute Gasteiger partial charge is 0.123 e. The van der Waals surface area contributed by atoms with Crippen molar-refractivity contribution in [3.63, 3.8) is 0 Å². The van der Waals surface area contributed by atoms with Crippen molar-refractivity contribution in [3.8, 4) is 0 Å². The molecule has 3 nitrogen and oxygen atoms in total. The van der Waals surface area contributed by atoms with Crippen molar-refractivity contribution < 1.29 is 0 Å². The van der Waals surface area contributed by atoms with Crippen LogP contribution < -0.4 is 5.73 Å². The van der Waals surface area contributed by atoms with Crippen LogP contribution in [0.5, 0.6) is 0 Å². The van der Waals surface area contributed by atoms with Gasteiger partial charge in [0.05, 0.1) is 11.7 Å². The van der Waals surface area contributed by atoms with Gasteiger partial charge in [0.1, 0.15) is 5.82 Å². The van der Waals surface area contributed by atoms with Crippen LogP contribution >= 0.6 is 0 Å². The zero-order valence-electron chi connectivity index (χ0n) is 11.1. The second-order valence-corrected chi connectivity index (χ2v) is 4.55. The molecule has 0 spiro atoms. The average Bonchev–Trinajstić information content (AvgIpc) is 2.83. The van der Waals surface area contributed by atoms with Gasteiger partial charge in [0, 0.05) is 5.69 Å². The molecule has 1 aromatic carbocycles. The van der Waals surface area contributed by atoms with Crippen molar-refractivity contribution >= 4 is 0 Å². The average molecular weight is 243 g/mol. The number of nitrogens with zero attached hydrogens (tertiary/aromatic N) is 1. The summed E-state index contributed by atoms with van der Waals surface area (Å²) in [5.74, 6) is 0.910. The van der Waals surface area contributed by atoms with Crippen LogP contribution in [0.3, 0.4) is 0 Å². The molecule has 0 saturated carbocycles. The topological polar surface area (TPSA) is 54.7 Å². The highest BCUT2D eigenvalue weighted by Gasteiger charge is 2.14. The quantitative estimate of drug-likeness (QED) is 0.848. The van der Waals surface area contributed by atoms with Gasteiger partial charge in [0.15, 0.2) is 0 Å². The van der Waals surface area contributed by atoms with Crippen molar-refractivity contribution in [2.45, 2.75) is 39.2 Å². The van der Waals surface area contributed by atoms with E-state index in [0.717, 1.165) is 30.8 Å². The summed E-state index contributed by atoms with van der Waals surface area (Å²) >= 11 is 0. The highest BCUT2D eigenvalue weighted by atomic mass is 15.0. The lowest BCUT2D eigenvalue weighted by atomic mass is 10.1. The summed E-state index contributed by atoms with van der Waals surface area (Å²) in [7, 11) is 0. The minimum absolute atomic E-state index is 0.0574. The number of rotatable bonds is 5. The normalized spacial score (nSPS) is 12.6. The first-order valence-corrected chi connectivity index (χ1v) is 6.61. The fourth-order valence-electron chi connectivity index (χ4n) is 2.19. The number of imidazole rings is 1. The third-order valence-corrected chi connectivity index (χ3v) is 3.22. The van der Waals surface area contributed by atoms with Crippen LogP contribution in [0.15, 0.2) is 30.3 Å². The summed E-state index contributed by atoms with van der Waals surface area (Å²) in [6.45, 7) is 4.26. The van der Waals surface area contributed by atoms with Crippen LogP contribution in [-0.4, -0.2) is 9.97 Å². The number of aromatic nitrogens is 2. The Hall–Kier alpha value is -1.61. The fourth-order valence-corrected chi connectivity index (χ4v) is 2.19. The van der Waals surface area contributed by atoms with Gasteiger partial charge in [-0.1, -0.05) is 44.2 Å². The number of nitrogens with two attached hydrogens (primary N) is 1. The van der Waals surface area contributed by atoms with Gasteiger partial charge in [-0.25, -0.2) is 4.98 Å². The Morgan fingerprint density at radius 1 is 1.17 bits per heavy atom. The maximum absolute atomic E-state index is 6.22. The van der Waals surface area contributed by atoms with Crippen LogP contribution in [0.4, 0.5) is 0 Å². The molecule has 18 heavy (non-hydrogen) atoms. The highest BCUT2D eigenvalue weighted by Crippen LogP contribution is 2.16. The summed E-state index contributed by atoms with van der Waals surface area (Å²) < 4.78 is 0. The molecular weight excluding hydrogens is 222 g/mol. The number of benzene rings is 1. The van der Waals surface area contributed by atoms with E-state index in [1.807, 2.05) is 18.2 Å². The minimum atomic E-state index is -0.0574. The first-order valence-electron chi connectivity index (χ1n) is 6.61. The number of hydrogen-bond acceptors (Lipinski definition) is 2. The third-order valence-electron chi connectivity index (χ3n) is 3.22. The molecule has 0 amide bonds. The van der Waals surface area contributed by atoms with Crippen molar-refractivity contribution in [1.82, 2.24) is 9.97 Å². The minimum Gasteiger partial charge on any atom is -0.344 e. The fraction of sp³-hybridized carbons (Fsp3) is 0.400. The van der Waals surface area contributed by atoms with Crippen molar-refractivity contribution in [1.29, 1.82) is 0 Å². The van der Waals surface area contributed by atoms with Crippen LogP contribution in [-0.2, 0) is 19.3 Å². The van der Waals surface area contributed by atoms with E-state index in [4.69, 9.17) is 5.73 Å². The summed E-state index contributed by atoms with van der Waals surface area (Å²) in [6, 6.07) is 10.2. The summed E-state index contributed by atoms with van der Waals surface area (Å²) in [6.07, 6.45) is 2.76. The molecule has 0 saturated heterocycles. The molecule has 0 aliphatic heterocycles. The van der Waals surface area contributed by atoms with Crippen LogP contribution in [0.2, 0.25) is 0 Å². The molecule has 0 aliphatic rings. The van der Waals surface area contributed by atoms with Gasteiger partial charge in [-0.3, -0.25) is 0 Å². The zero-order chi connectivity index (χ0) is 13.0. The third kappa shape index (κ3) is 2.79. The van der Waals surface area contributed by atoms with E-state index < -0.39 is 0 Å². The Bertz CT molecular complexity index is 466. The summed E-state index contributed by atoms with van der Waals surface area (Å²) in [5.41, 5.74) is 9.84. The molecule has 0 fully saturated rings. The molecule has 1 aromatic heterocycles. The maximum Gasteiger partial charge on any atom is 0.123 e. The number of nitrogens with one attached hydrogen (secondary N) is 1. The second kappa shape index (κ2) is 5.83. The number of aromatic amines is 1. The van der Waals surface area contributed by atoms with E-state index in [1.54, 1.807) is 0 Å². The largest absolute Gasteiger partial charge is 0.344 e. The number of H-pyrrole nitrogens is 1. The van der Waals surface area contributed by atoms with E-state index in [-0.39, 0.29) is 6.04 Å². The molecule has 2 rings (SSSR count). The summed E-state index contributed by atoms with van der Waals surface area (Å²) in [5, 5.41) is 0. The van der Waals surface area contributed by atoms with E-state index >= 15 is 0 Å². The number of aryl methyl sites for hydroxylation is 2. The number of hydrogen-bond donors (Lipinski definition) is 2. The van der Waals surface area contributed by atoms with Gasteiger partial charge < -0.3 is 10.7 Å². The van der Waals surface area contributed by atoms with E-state index in [0.29, 0.717) is 0 Å². The van der Waals surface area contributed by atoms with Crippen LogP contribution in [0.1, 0.15) is 42.7 Å². The van der Waals surface area contributed by atoms with Gasteiger partial charge in [0.25, 0.3) is 0 Å². The Morgan fingerprint density at radius 3 is 2.44 bits per heavy atom. The Balaban J connectivity index is 2.13. The lowest BCUT2D eigenvalue weighted by molar-refractivity contribution is 0.674. The molecule has 0 radical (unpaired) electrons. The molecule has 2 aromatic rings. The first-order chi connectivity index (χ1) is 8.74. The summed E-state index contributed by atoms with van der Waals surface area (Å²) in [4.78, 5) is 7.98. The molecule has 0 bridgehead atoms. The Morgan fingerprint density at radius 2 is 1.89 bits per heavy atom. The van der Waals surface area contributed by atoms with Crippen molar-refractivity contribution in [2.24, 2.45) is 5.73 Å². The molecule has 0 unspecified atom stereocenters. The second-order valence-electron chi connectivity index (χ2n) is 4.55. The maximum atomic E-state index is 6.22. The standard InChI is InChI=1S/C15H21N3/c1-3-13-14(4-2)18-15(17-13)12(16)10-11-8-6-5-7-9-11/h5-9,12H,3-4,10,16H2,1-2H3,(H,17,18)/t12-/m1/s1. The van der Waals surface area contributed by atoms with Gasteiger partial charge in [0.2, 0.25) is 0 Å². The predicted octanol–water partition coefficient (Wildman–Crippen LogP) is 2.78. The van der Waals surface area contributed by atoms with Gasteiger partial charge in [-0.2, -0.15) is 0 Å². The molecule has 0 aliphatic carbocycles. The molecule has 3 N–H and O–H groups in total. The monoisotopic (exact) mass is 243 g/mol. The molecule has 1 heterocycles. The van der Waals surface area contributed by atoms with Crippen molar-refractivity contribution in [3.05, 3.63) is 53.1 Å². The zero-order valence-corrected chi connectivity index (χ0v) is 11.1. The SMILES string of the molecule is CCc1nc([C@H](N)Cc2ccccc2)[nH]c1CC. The molecule has 96 valence electrons. The van der Waals surface area contributed by atoms with Crippen LogP contribution in [0.25, 0.3) is 0 Å². The molecule has 1 atom stereocenters. The van der Waals surface area contributed by atoms with Crippen molar-refractivity contribution in [2.75, 3.05) is 0 Å². The van der Waals surface area contributed by atoms with E-state index in [1.165, 1.54) is 11.3 Å². The first kappa shape index (κ1) is 12.8. The lowest BCUT2D eigenvalue weighted by Crippen LogP contribution is -2.15. The van der Waals surface area contributed by atoms with Crippen LogP contribution in [0, 0.1) is 0 Å². The molecule has 3 heteroatoms. The van der Waals surface area contributed by atoms with Gasteiger partial charge >= 0.3 is 0 Å². The predicted molar refractivity (Wildman–Crippen MR) is 74.4 cm³/mol.